The first-order chi connectivity index (χ1) is 14.4. The second-order valence-corrected chi connectivity index (χ2v) is 8.47. The number of halogens is 3. The van der Waals surface area contributed by atoms with Crippen LogP contribution in [-0.4, -0.2) is 59.6 Å². The average Bonchev–Trinajstić information content (AvgIpc) is 3.02. The molecule has 1 amide bonds. The number of nitrogens with zero attached hydrogens (tertiary/aromatic N) is 4. The van der Waals surface area contributed by atoms with Gasteiger partial charge in [-0.2, -0.15) is 0 Å². The van der Waals surface area contributed by atoms with E-state index in [1.807, 2.05) is 26.0 Å². The van der Waals surface area contributed by atoms with Crippen molar-refractivity contribution in [1.82, 2.24) is 19.8 Å². The Kier molecular flexibility index (Phi) is 11.9. The Morgan fingerprint density at radius 2 is 1.78 bits per heavy atom. The minimum atomic E-state index is -0.0632. The molecule has 0 atom stereocenters. The fourth-order valence-electron chi connectivity index (χ4n) is 4.18. The molecule has 3 rings (SSSR count). The summed E-state index contributed by atoms with van der Waals surface area (Å²) in [5.74, 6) is 0.846. The van der Waals surface area contributed by atoms with Crippen molar-refractivity contribution in [1.29, 1.82) is 0 Å². The number of imidazole rings is 1. The molecule has 0 unspecified atom stereocenters. The van der Waals surface area contributed by atoms with Crippen LogP contribution in [0.4, 0.5) is 5.69 Å². The fraction of sp³-hybridized carbons (Fsp3) is 0.565. The van der Waals surface area contributed by atoms with Gasteiger partial charge < -0.3 is 14.8 Å². The fourth-order valence-corrected chi connectivity index (χ4v) is 4.35. The van der Waals surface area contributed by atoms with Crippen LogP contribution in [0.3, 0.4) is 0 Å². The van der Waals surface area contributed by atoms with Gasteiger partial charge in [0.05, 0.1) is 0 Å². The van der Waals surface area contributed by atoms with Gasteiger partial charge in [-0.25, -0.2) is 4.98 Å². The van der Waals surface area contributed by atoms with E-state index >= 15 is 0 Å². The first-order valence-corrected chi connectivity index (χ1v) is 11.3. The first kappa shape index (κ1) is 28.6. The lowest BCUT2D eigenvalue weighted by Gasteiger charge is -2.37. The van der Waals surface area contributed by atoms with Gasteiger partial charge in [-0.1, -0.05) is 24.6 Å². The largest absolute Gasteiger partial charge is 0.369 e. The van der Waals surface area contributed by atoms with E-state index in [0.717, 1.165) is 74.2 Å². The second-order valence-electron chi connectivity index (χ2n) is 8.07. The molecule has 1 saturated heterocycles. The van der Waals surface area contributed by atoms with Crippen molar-refractivity contribution in [3.63, 3.8) is 0 Å². The van der Waals surface area contributed by atoms with Crippen molar-refractivity contribution in [2.24, 2.45) is 0 Å². The highest BCUT2D eigenvalue weighted by Crippen LogP contribution is 2.27. The predicted octanol–water partition coefficient (Wildman–Crippen LogP) is 4.66. The molecule has 2 aromatic rings. The van der Waals surface area contributed by atoms with Gasteiger partial charge in [0.1, 0.15) is 11.5 Å². The number of amides is 1. The smallest absolute Gasteiger partial charge is 0.271 e. The molecule has 6 nitrogen and oxygen atoms in total. The van der Waals surface area contributed by atoms with Crippen molar-refractivity contribution in [3.05, 3.63) is 46.0 Å². The number of carbonyl (C=O) groups excluding carboxylic acids is 1. The van der Waals surface area contributed by atoms with E-state index in [1.165, 1.54) is 5.69 Å². The summed E-state index contributed by atoms with van der Waals surface area (Å²) in [7, 11) is 0. The SMILES string of the molecule is CCCn1c(C)nc(C(=O)NCCCN2CCN(c3cccc(Cl)c3C)CC2)c1C.Cl.Cl. The van der Waals surface area contributed by atoms with Crippen LogP contribution in [-0.2, 0) is 6.54 Å². The highest BCUT2D eigenvalue weighted by molar-refractivity contribution is 6.31. The zero-order chi connectivity index (χ0) is 21.7. The molecule has 1 fully saturated rings. The van der Waals surface area contributed by atoms with Crippen molar-refractivity contribution in [2.45, 2.75) is 47.1 Å². The van der Waals surface area contributed by atoms with Gasteiger partial charge in [-0.3, -0.25) is 9.69 Å². The van der Waals surface area contributed by atoms with Gasteiger partial charge in [-0.05, 0) is 57.9 Å². The summed E-state index contributed by atoms with van der Waals surface area (Å²) in [6.45, 7) is 14.8. The molecule has 0 aliphatic carbocycles. The molecule has 32 heavy (non-hydrogen) atoms. The zero-order valence-corrected chi connectivity index (χ0v) is 21.9. The Labute approximate surface area is 209 Å². The van der Waals surface area contributed by atoms with Gasteiger partial charge in [0.15, 0.2) is 0 Å². The number of anilines is 1. The number of piperazine rings is 1. The minimum Gasteiger partial charge on any atom is -0.369 e. The van der Waals surface area contributed by atoms with Crippen LogP contribution in [0.2, 0.25) is 5.02 Å². The molecular weight excluding hydrogens is 469 g/mol. The Balaban J connectivity index is 0.00000256. The standard InChI is InChI=1S/C23H34ClN5O.2ClH/c1-5-11-29-18(3)22(26-19(29)4)23(30)25-10-7-12-27-13-15-28(16-14-27)21-9-6-8-20(24)17(21)2;;/h6,8-9H,5,7,10-16H2,1-4H3,(H,25,30);2*1H. The lowest BCUT2D eigenvalue weighted by Crippen LogP contribution is -2.47. The summed E-state index contributed by atoms with van der Waals surface area (Å²) in [5.41, 5.74) is 3.91. The van der Waals surface area contributed by atoms with Crippen LogP contribution < -0.4 is 10.2 Å². The van der Waals surface area contributed by atoms with Crippen LogP contribution in [0.1, 0.15) is 47.3 Å². The minimum absolute atomic E-state index is 0. The van der Waals surface area contributed by atoms with Crippen molar-refractivity contribution in [3.8, 4) is 0 Å². The van der Waals surface area contributed by atoms with Gasteiger partial charge in [0.25, 0.3) is 5.91 Å². The number of aryl methyl sites for hydroxylation is 1. The molecule has 1 aromatic heterocycles. The highest BCUT2D eigenvalue weighted by Gasteiger charge is 2.20. The molecule has 2 heterocycles. The number of carbonyl (C=O) groups is 1. The first-order valence-electron chi connectivity index (χ1n) is 11.0. The Morgan fingerprint density at radius 1 is 1.09 bits per heavy atom. The van der Waals surface area contributed by atoms with Crippen LogP contribution in [0.25, 0.3) is 0 Å². The van der Waals surface area contributed by atoms with E-state index in [2.05, 4.69) is 44.6 Å². The van der Waals surface area contributed by atoms with E-state index in [9.17, 15) is 4.79 Å². The number of rotatable bonds is 8. The normalized spacial score (nSPS) is 14.0. The summed E-state index contributed by atoms with van der Waals surface area (Å²) in [6, 6.07) is 6.12. The number of hydrogen-bond donors (Lipinski definition) is 1. The Morgan fingerprint density at radius 3 is 2.44 bits per heavy atom. The van der Waals surface area contributed by atoms with E-state index in [1.54, 1.807) is 0 Å². The summed E-state index contributed by atoms with van der Waals surface area (Å²) in [4.78, 5) is 21.9. The Bertz CT molecular complexity index is 879. The number of hydrogen-bond acceptors (Lipinski definition) is 4. The van der Waals surface area contributed by atoms with Crippen molar-refractivity contribution in [2.75, 3.05) is 44.2 Å². The van der Waals surface area contributed by atoms with Crippen molar-refractivity contribution >= 4 is 48.0 Å². The van der Waals surface area contributed by atoms with Crippen LogP contribution in [0.15, 0.2) is 18.2 Å². The third-order valence-electron chi connectivity index (χ3n) is 5.96. The monoisotopic (exact) mass is 503 g/mol. The third-order valence-corrected chi connectivity index (χ3v) is 6.37. The molecule has 0 spiro atoms. The van der Waals surface area contributed by atoms with Crippen LogP contribution in [0, 0.1) is 20.8 Å². The topological polar surface area (TPSA) is 53.4 Å². The van der Waals surface area contributed by atoms with E-state index in [0.29, 0.717) is 12.2 Å². The highest BCUT2D eigenvalue weighted by atomic mass is 35.5. The molecule has 0 saturated carbocycles. The summed E-state index contributed by atoms with van der Waals surface area (Å²) in [6.07, 6.45) is 1.97. The number of benzene rings is 1. The quantitative estimate of drug-likeness (QED) is 0.531. The van der Waals surface area contributed by atoms with E-state index < -0.39 is 0 Å². The van der Waals surface area contributed by atoms with Gasteiger partial charge >= 0.3 is 0 Å². The third kappa shape index (κ3) is 6.77. The number of aromatic nitrogens is 2. The lowest BCUT2D eigenvalue weighted by molar-refractivity contribution is 0.0946. The van der Waals surface area contributed by atoms with E-state index in [-0.39, 0.29) is 30.7 Å². The second kappa shape index (κ2) is 13.3. The maximum Gasteiger partial charge on any atom is 0.271 e. The molecule has 0 radical (unpaired) electrons. The van der Waals surface area contributed by atoms with Gasteiger partial charge in [0, 0.05) is 55.7 Å². The summed E-state index contributed by atoms with van der Waals surface area (Å²) in [5, 5.41) is 3.87. The predicted molar refractivity (Wildman–Crippen MR) is 138 cm³/mol. The zero-order valence-electron chi connectivity index (χ0n) is 19.5. The lowest BCUT2D eigenvalue weighted by atomic mass is 10.1. The van der Waals surface area contributed by atoms with E-state index in [4.69, 9.17) is 11.6 Å². The Hall–Kier alpha value is -1.47. The summed E-state index contributed by atoms with van der Waals surface area (Å²) >= 11 is 6.27. The van der Waals surface area contributed by atoms with Crippen LogP contribution >= 0.6 is 36.4 Å². The molecule has 1 N–H and O–H groups in total. The van der Waals surface area contributed by atoms with Crippen LogP contribution in [0.5, 0.6) is 0 Å². The van der Waals surface area contributed by atoms with Crippen molar-refractivity contribution < 1.29 is 4.79 Å². The summed E-state index contributed by atoms with van der Waals surface area (Å²) < 4.78 is 2.12. The molecule has 0 bridgehead atoms. The molecular formula is C23H36Cl3N5O. The molecule has 1 aliphatic heterocycles. The number of nitrogens with one attached hydrogen (secondary N) is 1. The maximum absolute atomic E-state index is 12.5. The average molecular weight is 505 g/mol. The molecule has 1 aromatic carbocycles. The maximum atomic E-state index is 12.5. The van der Waals surface area contributed by atoms with Gasteiger partial charge in [0.2, 0.25) is 0 Å². The molecule has 9 heteroatoms. The molecule has 180 valence electrons. The molecule has 1 aliphatic rings. The van der Waals surface area contributed by atoms with Gasteiger partial charge in [-0.15, -0.1) is 24.8 Å².